The number of methoxy groups -OCH3 is 1. The van der Waals surface area contributed by atoms with Gasteiger partial charge < -0.3 is 14.8 Å². The minimum absolute atomic E-state index is 0.158. The standard InChI is InChI=1S/C24H26N2O5S/c1-30-23-11-7-6-10-20(23)16-25-24(27)18-31-22-14-12-21(13-15-22)26(32(2,28)29)17-19-8-4-3-5-9-19/h3-15H,16-18H2,1-2H3,(H,25,27). The summed E-state index contributed by atoms with van der Waals surface area (Å²) in [7, 11) is -1.89. The van der Waals surface area contributed by atoms with Crippen molar-refractivity contribution in [3.8, 4) is 11.5 Å². The normalized spacial score (nSPS) is 10.9. The summed E-state index contributed by atoms with van der Waals surface area (Å²) in [5.41, 5.74) is 2.27. The number of nitrogens with zero attached hydrogens (tertiary/aromatic N) is 1. The van der Waals surface area contributed by atoms with Crippen molar-refractivity contribution in [2.75, 3.05) is 24.3 Å². The van der Waals surface area contributed by atoms with Crippen LogP contribution in [0, 0.1) is 0 Å². The van der Waals surface area contributed by atoms with E-state index in [1.54, 1.807) is 31.4 Å². The molecular weight excluding hydrogens is 428 g/mol. The maximum atomic E-state index is 12.3. The monoisotopic (exact) mass is 454 g/mol. The summed E-state index contributed by atoms with van der Waals surface area (Å²) in [6, 6.07) is 23.4. The molecule has 0 bridgehead atoms. The summed E-state index contributed by atoms with van der Waals surface area (Å²) >= 11 is 0. The number of rotatable bonds is 10. The van der Waals surface area contributed by atoms with Crippen molar-refractivity contribution in [1.82, 2.24) is 5.32 Å². The Labute approximate surface area is 188 Å². The van der Waals surface area contributed by atoms with Gasteiger partial charge in [0.15, 0.2) is 6.61 Å². The number of hydrogen-bond donors (Lipinski definition) is 1. The first-order valence-corrected chi connectivity index (χ1v) is 11.8. The van der Waals surface area contributed by atoms with Crippen molar-refractivity contribution in [1.29, 1.82) is 0 Å². The molecule has 3 aromatic rings. The van der Waals surface area contributed by atoms with Crippen LogP contribution in [0.15, 0.2) is 78.9 Å². The molecule has 0 aliphatic heterocycles. The number of carbonyl (C=O) groups is 1. The zero-order valence-corrected chi connectivity index (χ0v) is 18.8. The average molecular weight is 455 g/mol. The van der Waals surface area contributed by atoms with E-state index in [1.807, 2.05) is 54.6 Å². The van der Waals surface area contributed by atoms with Crippen LogP contribution < -0.4 is 19.1 Å². The molecule has 0 saturated heterocycles. The largest absolute Gasteiger partial charge is 0.496 e. The highest BCUT2D eigenvalue weighted by molar-refractivity contribution is 7.92. The highest BCUT2D eigenvalue weighted by atomic mass is 32.2. The molecule has 0 atom stereocenters. The smallest absolute Gasteiger partial charge is 0.258 e. The first-order chi connectivity index (χ1) is 15.4. The van der Waals surface area contributed by atoms with Gasteiger partial charge >= 0.3 is 0 Å². The lowest BCUT2D eigenvalue weighted by Gasteiger charge is -2.22. The van der Waals surface area contributed by atoms with Crippen LogP contribution in [0.25, 0.3) is 0 Å². The molecule has 3 rings (SSSR count). The van der Waals surface area contributed by atoms with Gasteiger partial charge in [0.2, 0.25) is 10.0 Å². The molecule has 0 aliphatic carbocycles. The Morgan fingerprint density at radius 3 is 2.25 bits per heavy atom. The molecule has 7 nitrogen and oxygen atoms in total. The molecule has 0 aromatic heterocycles. The zero-order valence-electron chi connectivity index (χ0n) is 18.0. The Morgan fingerprint density at radius 2 is 1.59 bits per heavy atom. The van der Waals surface area contributed by atoms with Crippen LogP contribution in [0.5, 0.6) is 11.5 Å². The third-order valence-corrected chi connectivity index (χ3v) is 5.87. The first kappa shape index (κ1) is 23.1. The van der Waals surface area contributed by atoms with Crippen LogP contribution in [-0.4, -0.2) is 34.3 Å². The quantitative estimate of drug-likeness (QED) is 0.508. The number of benzene rings is 3. The molecule has 0 saturated carbocycles. The molecule has 32 heavy (non-hydrogen) atoms. The van der Waals surface area contributed by atoms with E-state index in [9.17, 15) is 13.2 Å². The van der Waals surface area contributed by atoms with E-state index in [0.717, 1.165) is 11.1 Å². The van der Waals surface area contributed by atoms with Gasteiger partial charge in [0.1, 0.15) is 11.5 Å². The van der Waals surface area contributed by atoms with Gasteiger partial charge in [-0.15, -0.1) is 0 Å². The fourth-order valence-electron chi connectivity index (χ4n) is 3.10. The number of para-hydroxylation sites is 1. The fourth-order valence-corrected chi connectivity index (χ4v) is 3.99. The second-order valence-corrected chi connectivity index (χ2v) is 9.03. The molecule has 168 valence electrons. The van der Waals surface area contributed by atoms with E-state index in [4.69, 9.17) is 9.47 Å². The molecule has 0 radical (unpaired) electrons. The number of nitrogens with one attached hydrogen (secondary N) is 1. The van der Waals surface area contributed by atoms with Gasteiger partial charge in [-0.3, -0.25) is 9.10 Å². The van der Waals surface area contributed by atoms with Crippen LogP contribution in [-0.2, 0) is 27.9 Å². The number of hydrogen-bond acceptors (Lipinski definition) is 5. The van der Waals surface area contributed by atoms with Gasteiger partial charge in [-0.25, -0.2) is 8.42 Å². The number of sulfonamides is 1. The zero-order chi connectivity index (χ0) is 23.0. The lowest BCUT2D eigenvalue weighted by molar-refractivity contribution is -0.123. The number of amides is 1. The van der Waals surface area contributed by atoms with Crippen LogP contribution in [0.2, 0.25) is 0 Å². The van der Waals surface area contributed by atoms with Crippen LogP contribution >= 0.6 is 0 Å². The van der Waals surface area contributed by atoms with Crippen molar-refractivity contribution in [3.05, 3.63) is 90.0 Å². The highest BCUT2D eigenvalue weighted by Crippen LogP contribution is 2.24. The highest BCUT2D eigenvalue weighted by Gasteiger charge is 2.18. The maximum Gasteiger partial charge on any atom is 0.258 e. The molecule has 0 spiro atoms. The van der Waals surface area contributed by atoms with Gasteiger partial charge in [0.25, 0.3) is 5.91 Å². The van der Waals surface area contributed by atoms with E-state index >= 15 is 0 Å². The van der Waals surface area contributed by atoms with E-state index in [-0.39, 0.29) is 19.1 Å². The van der Waals surface area contributed by atoms with E-state index in [2.05, 4.69) is 5.32 Å². The van der Waals surface area contributed by atoms with Gasteiger partial charge in [-0.1, -0.05) is 48.5 Å². The van der Waals surface area contributed by atoms with Gasteiger partial charge in [0, 0.05) is 12.1 Å². The van der Waals surface area contributed by atoms with Crippen molar-refractivity contribution < 1.29 is 22.7 Å². The molecular formula is C24H26N2O5S. The van der Waals surface area contributed by atoms with Gasteiger partial charge in [-0.05, 0) is 35.9 Å². The molecule has 3 aromatic carbocycles. The topological polar surface area (TPSA) is 84.9 Å². The third kappa shape index (κ3) is 6.49. The second-order valence-electron chi connectivity index (χ2n) is 7.13. The number of ether oxygens (including phenoxy) is 2. The number of carbonyl (C=O) groups excluding carboxylic acids is 1. The van der Waals surface area contributed by atoms with Gasteiger partial charge in [0.05, 0.1) is 25.6 Å². The Bertz CT molecular complexity index is 1130. The lowest BCUT2D eigenvalue weighted by Crippen LogP contribution is -2.29. The number of anilines is 1. The van der Waals surface area contributed by atoms with Crippen LogP contribution in [0.4, 0.5) is 5.69 Å². The summed E-state index contributed by atoms with van der Waals surface area (Å²) in [5.74, 6) is 0.895. The Morgan fingerprint density at radius 1 is 0.938 bits per heavy atom. The first-order valence-electron chi connectivity index (χ1n) is 10.00. The van der Waals surface area contributed by atoms with E-state index in [0.29, 0.717) is 23.7 Å². The summed E-state index contributed by atoms with van der Waals surface area (Å²) in [6.45, 7) is 0.396. The van der Waals surface area contributed by atoms with Crippen molar-refractivity contribution in [3.63, 3.8) is 0 Å². The SMILES string of the molecule is COc1ccccc1CNC(=O)COc1ccc(N(Cc2ccccc2)S(C)(=O)=O)cc1. The Kier molecular flexibility index (Phi) is 7.72. The van der Waals surface area contributed by atoms with Gasteiger partial charge in [-0.2, -0.15) is 0 Å². The molecule has 1 N–H and O–H groups in total. The Balaban J connectivity index is 1.58. The predicted octanol–water partition coefficient (Wildman–Crippen LogP) is 3.36. The van der Waals surface area contributed by atoms with Crippen molar-refractivity contribution in [2.45, 2.75) is 13.1 Å². The molecule has 0 heterocycles. The summed E-state index contributed by atoms with van der Waals surface area (Å²) < 4.78 is 36.7. The molecule has 0 aliphatic rings. The minimum Gasteiger partial charge on any atom is -0.496 e. The van der Waals surface area contributed by atoms with E-state index in [1.165, 1.54) is 10.6 Å². The molecule has 1 amide bonds. The summed E-state index contributed by atoms with van der Waals surface area (Å²) in [5, 5.41) is 2.79. The minimum atomic E-state index is -3.48. The average Bonchev–Trinajstić information content (AvgIpc) is 2.80. The second kappa shape index (κ2) is 10.7. The molecule has 0 fully saturated rings. The Hall–Kier alpha value is -3.52. The molecule has 0 unspecified atom stereocenters. The fraction of sp³-hybridized carbons (Fsp3) is 0.208. The summed E-state index contributed by atoms with van der Waals surface area (Å²) in [6.07, 6.45) is 1.17. The van der Waals surface area contributed by atoms with Crippen molar-refractivity contribution in [2.24, 2.45) is 0 Å². The lowest BCUT2D eigenvalue weighted by atomic mass is 10.2. The summed E-state index contributed by atoms with van der Waals surface area (Å²) in [4.78, 5) is 12.1. The van der Waals surface area contributed by atoms with Crippen LogP contribution in [0.3, 0.4) is 0 Å². The van der Waals surface area contributed by atoms with E-state index < -0.39 is 10.0 Å². The molecule has 8 heteroatoms. The van der Waals surface area contributed by atoms with Crippen LogP contribution in [0.1, 0.15) is 11.1 Å². The van der Waals surface area contributed by atoms with Crippen molar-refractivity contribution >= 4 is 21.6 Å². The maximum absolute atomic E-state index is 12.3. The third-order valence-electron chi connectivity index (χ3n) is 4.73. The predicted molar refractivity (Wildman–Crippen MR) is 124 cm³/mol.